The first kappa shape index (κ1) is 24.0. The first-order valence-corrected chi connectivity index (χ1v) is 11.5. The number of nitrogens with zero attached hydrogens (tertiary/aromatic N) is 4. The smallest absolute Gasteiger partial charge is 0.322 e. The van der Waals surface area contributed by atoms with E-state index in [1.807, 2.05) is 55.6 Å². The summed E-state index contributed by atoms with van der Waals surface area (Å²) in [7, 11) is 0. The summed E-state index contributed by atoms with van der Waals surface area (Å²) in [6.07, 6.45) is 3.39. The summed E-state index contributed by atoms with van der Waals surface area (Å²) >= 11 is 0. The van der Waals surface area contributed by atoms with Crippen molar-refractivity contribution in [3.63, 3.8) is 0 Å². The highest BCUT2D eigenvalue weighted by atomic mass is 19.1. The van der Waals surface area contributed by atoms with Crippen LogP contribution in [-0.4, -0.2) is 47.5 Å². The summed E-state index contributed by atoms with van der Waals surface area (Å²) in [5, 5.41) is 16.7. The normalized spacial score (nSPS) is 16.2. The van der Waals surface area contributed by atoms with Crippen molar-refractivity contribution < 1.29 is 13.6 Å². The highest BCUT2D eigenvalue weighted by Crippen LogP contribution is 2.25. The monoisotopic (exact) mass is 476 g/mol. The van der Waals surface area contributed by atoms with Gasteiger partial charge in [-0.1, -0.05) is 49.7 Å². The number of rotatable bonds is 4. The van der Waals surface area contributed by atoms with Crippen molar-refractivity contribution in [2.45, 2.75) is 25.8 Å². The van der Waals surface area contributed by atoms with Crippen LogP contribution in [0.4, 0.5) is 25.0 Å². The van der Waals surface area contributed by atoms with Gasteiger partial charge in [0.15, 0.2) is 6.19 Å². The average Bonchev–Trinajstić information content (AvgIpc) is 2.86. The lowest BCUT2D eigenvalue weighted by atomic mass is 10.1. The molecule has 1 aliphatic heterocycles. The molecule has 0 saturated carbocycles. The predicted molar refractivity (Wildman–Crippen MR) is 132 cm³/mol. The number of fused-ring (bicyclic) bond motifs is 1. The number of carbonyl (C=O) groups is 1. The van der Waals surface area contributed by atoms with Gasteiger partial charge in [-0.3, -0.25) is 5.32 Å². The maximum absolute atomic E-state index is 14.2. The van der Waals surface area contributed by atoms with Crippen LogP contribution in [0, 0.1) is 23.1 Å². The second-order valence-electron chi connectivity index (χ2n) is 8.31. The van der Waals surface area contributed by atoms with E-state index in [0.29, 0.717) is 19.6 Å². The highest BCUT2D eigenvalue weighted by Gasteiger charge is 2.32. The lowest BCUT2D eigenvalue weighted by molar-refractivity contribution is 0.129. The molecule has 35 heavy (non-hydrogen) atoms. The number of carbonyl (C=O) groups excluding carboxylic acids is 1. The molecule has 3 aromatic rings. The second-order valence-corrected chi connectivity index (χ2v) is 8.31. The molecule has 0 aliphatic carbocycles. The molecular formula is C26H26F2N6O. The van der Waals surface area contributed by atoms with Gasteiger partial charge < -0.3 is 15.1 Å². The number of urea groups is 1. The van der Waals surface area contributed by atoms with Gasteiger partial charge >= 0.3 is 6.03 Å². The highest BCUT2D eigenvalue weighted by molar-refractivity contribution is 6.01. The molecule has 180 valence electrons. The molecule has 4 rings (SSSR count). The van der Waals surface area contributed by atoms with Crippen LogP contribution in [-0.2, 0) is 0 Å². The maximum Gasteiger partial charge on any atom is 0.322 e. The molecule has 1 aliphatic rings. The summed E-state index contributed by atoms with van der Waals surface area (Å²) in [5.74, 6) is -1.20. The van der Waals surface area contributed by atoms with Crippen LogP contribution in [0.3, 0.4) is 0 Å². The van der Waals surface area contributed by atoms with Crippen molar-refractivity contribution in [3.8, 4) is 6.19 Å². The molecule has 3 aromatic carbocycles. The minimum atomic E-state index is -0.693. The Balaban J connectivity index is 1.54. The summed E-state index contributed by atoms with van der Waals surface area (Å²) < 4.78 is 27.8. The van der Waals surface area contributed by atoms with E-state index in [1.54, 1.807) is 9.80 Å². The summed E-state index contributed by atoms with van der Waals surface area (Å²) in [6.45, 7) is 3.16. The minimum absolute atomic E-state index is 0.118. The van der Waals surface area contributed by atoms with Crippen LogP contribution >= 0.6 is 0 Å². The quantitative estimate of drug-likeness (QED) is 0.235. The molecule has 2 amide bonds. The van der Waals surface area contributed by atoms with Crippen molar-refractivity contribution in [1.82, 2.24) is 15.1 Å². The van der Waals surface area contributed by atoms with Gasteiger partial charge in [-0.2, -0.15) is 5.26 Å². The zero-order chi connectivity index (χ0) is 24.8. The number of hydrogen-bond acceptors (Lipinski definition) is 3. The largest absolute Gasteiger partial charge is 0.338 e. The number of piperazine rings is 1. The summed E-state index contributed by atoms with van der Waals surface area (Å²) in [4.78, 5) is 21.0. The Morgan fingerprint density at radius 1 is 1.14 bits per heavy atom. The first-order chi connectivity index (χ1) is 17.0. The van der Waals surface area contributed by atoms with E-state index in [-0.39, 0.29) is 23.7 Å². The van der Waals surface area contributed by atoms with Crippen LogP contribution in [0.15, 0.2) is 65.7 Å². The van der Waals surface area contributed by atoms with Gasteiger partial charge in [0.2, 0.25) is 5.96 Å². The van der Waals surface area contributed by atoms with Crippen molar-refractivity contribution in [2.75, 3.05) is 25.0 Å². The molecule has 1 heterocycles. The topological polar surface area (TPSA) is 83.8 Å². The zero-order valence-corrected chi connectivity index (χ0v) is 19.3. The van der Waals surface area contributed by atoms with Gasteiger partial charge in [0.1, 0.15) is 17.3 Å². The molecule has 1 saturated heterocycles. The van der Waals surface area contributed by atoms with Crippen LogP contribution in [0.5, 0.6) is 0 Å². The number of nitrogens with one attached hydrogen (secondary N) is 2. The van der Waals surface area contributed by atoms with Crippen LogP contribution < -0.4 is 10.6 Å². The van der Waals surface area contributed by atoms with Crippen LogP contribution in [0.1, 0.15) is 19.8 Å². The Bertz CT molecular complexity index is 1280. The van der Waals surface area contributed by atoms with Gasteiger partial charge in [0.25, 0.3) is 0 Å². The van der Waals surface area contributed by atoms with Crippen molar-refractivity contribution in [3.05, 3.63) is 72.3 Å². The molecule has 7 nitrogen and oxygen atoms in total. The SMILES string of the molecule is CCCC1CN(C(=Nc2cc(F)ccc2F)NC#N)CCN1C(=O)Nc1cccc2ccccc12. The maximum atomic E-state index is 14.2. The molecule has 0 aromatic heterocycles. The number of halogens is 2. The fraction of sp³-hybridized carbons (Fsp3) is 0.269. The van der Waals surface area contributed by atoms with Crippen molar-refractivity contribution in [1.29, 1.82) is 5.26 Å². The molecule has 9 heteroatoms. The number of hydrogen-bond donors (Lipinski definition) is 2. The molecule has 0 radical (unpaired) electrons. The number of benzene rings is 3. The van der Waals surface area contributed by atoms with E-state index in [0.717, 1.165) is 47.5 Å². The number of guanidine groups is 1. The van der Waals surface area contributed by atoms with Gasteiger partial charge in [0.05, 0.1) is 11.7 Å². The Morgan fingerprint density at radius 2 is 1.94 bits per heavy atom. The zero-order valence-electron chi connectivity index (χ0n) is 19.3. The van der Waals surface area contributed by atoms with Crippen molar-refractivity contribution >= 4 is 34.1 Å². The number of aliphatic imine (C=N–C) groups is 1. The molecular weight excluding hydrogens is 450 g/mol. The number of anilines is 1. The van der Waals surface area contributed by atoms with Crippen molar-refractivity contribution in [2.24, 2.45) is 4.99 Å². The standard InChI is InChI=1S/C26H26F2N6O/c1-2-6-20-16-33(25(30-17-29)31-24-15-19(27)11-12-22(24)28)13-14-34(20)26(35)32-23-10-5-8-18-7-3-4-9-21(18)23/h3-5,7-12,15,20H,2,6,13-14,16H2,1H3,(H,30,31)(H,32,35). The molecule has 0 spiro atoms. The summed E-state index contributed by atoms with van der Waals surface area (Å²) in [5.41, 5.74) is 0.534. The molecule has 1 fully saturated rings. The van der Waals surface area contributed by atoms with E-state index >= 15 is 0 Å². The van der Waals surface area contributed by atoms with E-state index in [2.05, 4.69) is 15.6 Å². The van der Waals surface area contributed by atoms with E-state index in [9.17, 15) is 18.8 Å². The van der Waals surface area contributed by atoms with Gasteiger partial charge in [-0.25, -0.2) is 18.6 Å². The van der Waals surface area contributed by atoms with Gasteiger partial charge in [0, 0.05) is 31.1 Å². The third-order valence-corrected chi connectivity index (χ3v) is 6.00. The third-order valence-electron chi connectivity index (χ3n) is 6.00. The lowest BCUT2D eigenvalue weighted by Crippen LogP contribution is -2.59. The Labute approximate surface area is 202 Å². The van der Waals surface area contributed by atoms with E-state index < -0.39 is 11.6 Å². The number of amides is 2. The lowest BCUT2D eigenvalue weighted by Gasteiger charge is -2.42. The predicted octanol–water partition coefficient (Wildman–Crippen LogP) is 5.19. The van der Waals surface area contributed by atoms with E-state index in [4.69, 9.17) is 0 Å². The fourth-order valence-corrected chi connectivity index (χ4v) is 4.33. The first-order valence-electron chi connectivity index (χ1n) is 11.5. The van der Waals surface area contributed by atoms with E-state index in [1.165, 1.54) is 0 Å². The second kappa shape index (κ2) is 10.8. The Hall–Kier alpha value is -4.19. The Kier molecular flexibility index (Phi) is 7.41. The average molecular weight is 477 g/mol. The molecule has 0 bridgehead atoms. The fourth-order valence-electron chi connectivity index (χ4n) is 4.33. The van der Waals surface area contributed by atoms with Gasteiger partial charge in [-0.15, -0.1) is 0 Å². The molecule has 1 unspecified atom stereocenters. The number of nitriles is 1. The van der Waals surface area contributed by atoms with Crippen LogP contribution in [0.25, 0.3) is 10.8 Å². The minimum Gasteiger partial charge on any atom is -0.338 e. The summed E-state index contributed by atoms with van der Waals surface area (Å²) in [6, 6.07) is 16.2. The molecule has 2 N–H and O–H groups in total. The van der Waals surface area contributed by atoms with Crippen LogP contribution in [0.2, 0.25) is 0 Å². The molecule has 1 atom stereocenters. The van der Waals surface area contributed by atoms with Gasteiger partial charge in [-0.05, 0) is 30.0 Å². The third kappa shape index (κ3) is 5.49. The Morgan fingerprint density at radius 3 is 2.74 bits per heavy atom.